The van der Waals surface area contributed by atoms with Crippen LogP contribution in [0, 0.1) is 6.92 Å². The number of esters is 1. The molecule has 1 N–H and O–H groups in total. The minimum absolute atomic E-state index is 0.141. The Balaban J connectivity index is 1.50. The van der Waals surface area contributed by atoms with Crippen LogP contribution in [0.25, 0.3) is 0 Å². The number of hydrogen-bond donors (Lipinski definition) is 1. The highest BCUT2D eigenvalue weighted by atomic mass is 35.5. The summed E-state index contributed by atoms with van der Waals surface area (Å²) in [6.07, 6.45) is 1.49. The van der Waals surface area contributed by atoms with E-state index in [1.807, 2.05) is 25.1 Å². The van der Waals surface area contributed by atoms with Crippen LogP contribution in [0.15, 0.2) is 71.8 Å². The molecule has 0 bridgehead atoms. The molecule has 7 heteroatoms. The first-order valence-corrected chi connectivity index (χ1v) is 10.8. The minimum atomic E-state index is -0.538. The van der Waals surface area contributed by atoms with Crippen LogP contribution in [-0.2, 0) is 4.79 Å². The zero-order chi connectivity index (χ0) is 23.8. The van der Waals surface area contributed by atoms with Gasteiger partial charge in [0, 0.05) is 0 Å². The van der Waals surface area contributed by atoms with Gasteiger partial charge in [-0.3, -0.25) is 4.79 Å². The summed E-state index contributed by atoms with van der Waals surface area (Å²) in [6, 6.07) is 19.3. The molecule has 170 valence electrons. The zero-order valence-corrected chi connectivity index (χ0v) is 19.4. The minimum Gasteiger partial charge on any atom is -0.483 e. The Kier molecular flexibility index (Phi) is 8.22. The van der Waals surface area contributed by atoms with Crippen LogP contribution in [0.2, 0.25) is 5.02 Å². The quantitative estimate of drug-likeness (QED) is 0.206. The average molecular weight is 465 g/mol. The van der Waals surface area contributed by atoms with Gasteiger partial charge in [0.1, 0.15) is 11.5 Å². The summed E-state index contributed by atoms with van der Waals surface area (Å²) in [5, 5.41) is 4.28. The lowest BCUT2D eigenvalue weighted by molar-refractivity contribution is -0.123. The van der Waals surface area contributed by atoms with E-state index in [9.17, 15) is 9.59 Å². The van der Waals surface area contributed by atoms with E-state index in [4.69, 9.17) is 21.1 Å². The zero-order valence-electron chi connectivity index (χ0n) is 18.7. The monoisotopic (exact) mass is 464 g/mol. The predicted molar refractivity (Wildman–Crippen MR) is 129 cm³/mol. The summed E-state index contributed by atoms with van der Waals surface area (Å²) in [4.78, 5) is 24.3. The Morgan fingerprint density at radius 2 is 1.79 bits per heavy atom. The fourth-order valence-corrected chi connectivity index (χ4v) is 3.22. The predicted octanol–water partition coefficient (Wildman–Crippen LogP) is 5.52. The lowest BCUT2D eigenvalue weighted by atomic mass is 10.0. The number of carbonyl (C=O) groups is 2. The molecule has 0 saturated heterocycles. The summed E-state index contributed by atoms with van der Waals surface area (Å²) < 4.78 is 11.0. The summed E-state index contributed by atoms with van der Waals surface area (Å²) in [5.74, 6) is 0.449. The third kappa shape index (κ3) is 6.92. The fraction of sp³-hybridized carbons (Fsp3) is 0.192. The van der Waals surface area contributed by atoms with E-state index in [0.717, 1.165) is 16.7 Å². The number of hydrogen-bond acceptors (Lipinski definition) is 5. The molecule has 3 aromatic rings. The maximum atomic E-state index is 12.2. The molecule has 0 atom stereocenters. The first kappa shape index (κ1) is 24.0. The Bertz CT molecular complexity index is 1160. The molecular formula is C26H25ClN2O4. The molecule has 0 radical (unpaired) electrons. The number of nitrogens with zero attached hydrogens (tertiary/aromatic N) is 1. The van der Waals surface area contributed by atoms with Crippen LogP contribution in [0.5, 0.6) is 11.5 Å². The summed E-state index contributed by atoms with van der Waals surface area (Å²) in [7, 11) is 0. The SMILES string of the molecule is Cc1ccc(C(C)C)c(OCC(=O)N/N=C/c2ccc(OC(=O)c3ccccc3Cl)cc2)c1. The third-order valence-corrected chi connectivity index (χ3v) is 5.07. The van der Waals surface area contributed by atoms with Gasteiger partial charge in [0.2, 0.25) is 0 Å². The molecular weight excluding hydrogens is 440 g/mol. The second-order valence-electron chi connectivity index (χ2n) is 7.72. The van der Waals surface area contributed by atoms with Crippen molar-refractivity contribution in [2.24, 2.45) is 5.10 Å². The highest BCUT2D eigenvalue weighted by molar-refractivity contribution is 6.33. The molecule has 0 aliphatic rings. The molecule has 0 unspecified atom stereocenters. The standard InChI is InChI=1S/C26H25ClN2O4/c1-17(2)21-13-8-18(3)14-24(21)32-16-25(30)29-28-15-19-9-11-20(12-10-19)33-26(31)22-6-4-5-7-23(22)27/h4-15,17H,16H2,1-3H3,(H,29,30)/b28-15+. The number of benzene rings is 3. The topological polar surface area (TPSA) is 77.0 Å². The van der Waals surface area contributed by atoms with E-state index in [-0.39, 0.29) is 18.4 Å². The lowest BCUT2D eigenvalue weighted by Crippen LogP contribution is -2.25. The molecule has 0 aliphatic carbocycles. The molecule has 0 fully saturated rings. The van der Waals surface area contributed by atoms with E-state index >= 15 is 0 Å². The van der Waals surface area contributed by atoms with E-state index < -0.39 is 5.97 Å². The Morgan fingerprint density at radius 3 is 2.48 bits per heavy atom. The van der Waals surface area contributed by atoms with Crippen molar-refractivity contribution in [2.45, 2.75) is 26.7 Å². The van der Waals surface area contributed by atoms with E-state index in [2.05, 4.69) is 24.4 Å². The first-order chi connectivity index (χ1) is 15.8. The highest BCUT2D eigenvalue weighted by Gasteiger charge is 2.12. The third-order valence-electron chi connectivity index (χ3n) is 4.74. The molecule has 6 nitrogen and oxygen atoms in total. The normalized spacial score (nSPS) is 10.9. The van der Waals surface area contributed by atoms with E-state index in [1.54, 1.807) is 48.5 Å². The van der Waals surface area contributed by atoms with Crippen molar-refractivity contribution in [2.75, 3.05) is 6.61 Å². The number of hydrazone groups is 1. The van der Waals surface area contributed by atoms with Crippen molar-refractivity contribution in [1.29, 1.82) is 0 Å². The number of halogens is 1. The van der Waals surface area contributed by atoms with Gasteiger partial charge >= 0.3 is 5.97 Å². The molecule has 0 heterocycles. The van der Waals surface area contributed by atoms with Crippen LogP contribution in [0.1, 0.15) is 46.8 Å². The number of carbonyl (C=O) groups excluding carboxylic acids is 2. The van der Waals surface area contributed by atoms with Gasteiger partial charge in [0.05, 0.1) is 16.8 Å². The van der Waals surface area contributed by atoms with Crippen LogP contribution in [0.3, 0.4) is 0 Å². The van der Waals surface area contributed by atoms with Gasteiger partial charge in [-0.05, 0) is 72.0 Å². The van der Waals surface area contributed by atoms with Gasteiger partial charge in [-0.1, -0.05) is 49.7 Å². The van der Waals surface area contributed by atoms with Crippen molar-refractivity contribution in [3.8, 4) is 11.5 Å². The van der Waals surface area contributed by atoms with Crippen molar-refractivity contribution >= 4 is 29.7 Å². The number of aryl methyl sites for hydroxylation is 1. The average Bonchev–Trinajstić information content (AvgIpc) is 2.79. The molecule has 3 aromatic carbocycles. The second kappa shape index (κ2) is 11.3. The number of rotatable bonds is 8. The molecule has 1 amide bonds. The highest BCUT2D eigenvalue weighted by Crippen LogP contribution is 2.27. The van der Waals surface area contributed by atoms with Gasteiger partial charge in [-0.25, -0.2) is 10.2 Å². The van der Waals surface area contributed by atoms with Gasteiger partial charge in [-0.2, -0.15) is 5.10 Å². The van der Waals surface area contributed by atoms with Crippen LogP contribution >= 0.6 is 11.6 Å². The summed E-state index contributed by atoms with van der Waals surface area (Å²) >= 11 is 6.02. The van der Waals surface area contributed by atoms with Crippen molar-refractivity contribution < 1.29 is 19.1 Å². The molecule has 0 aliphatic heterocycles. The Hall–Kier alpha value is -3.64. The van der Waals surface area contributed by atoms with E-state index in [1.165, 1.54) is 6.21 Å². The van der Waals surface area contributed by atoms with Gasteiger partial charge in [0.15, 0.2) is 6.61 Å². The number of amides is 1. The van der Waals surface area contributed by atoms with Crippen LogP contribution in [0.4, 0.5) is 0 Å². The van der Waals surface area contributed by atoms with Gasteiger partial charge in [-0.15, -0.1) is 0 Å². The second-order valence-corrected chi connectivity index (χ2v) is 8.12. The van der Waals surface area contributed by atoms with Crippen LogP contribution < -0.4 is 14.9 Å². The molecule has 0 saturated carbocycles. The van der Waals surface area contributed by atoms with Crippen molar-refractivity contribution in [3.63, 3.8) is 0 Å². The summed E-state index contributed by atoms with van der Waals surface area (Å²) in [6.45, 7) is 5.98. The smallest absolute Gasteiger partial charge is 0.345 e. The Morgan fingerprint density at radius 1 is 1.06 bits per heavy atom. The maximum absolute atomic E-state index is 12.2. The fourth-order valence-electron chi connectivity index (χ4n) is 3.01. The molecule has 0 spiro atoms. The van der Waals surface area contributed by atoms with Gasteiger partial charge in [0.25, 0.3) is 5.91 Å². The van der Waals surface area contributed by atoms with Crippen molar-refractivity contribution in [1.82, 2.24) is 5.43 Å². The maximum Gasteiger partial charge on any atom is 0.345 e. The molecule has 3 rings (SSSR count). The molecule has 33 heavy (non-hydrogen) atoms. The van der Waals surface area contributed by atoms with Crippen LogP contribution in [-0.4, -0.2) is 24.7 Å². The largest absolute Gasteiger partial charge is 0.483 e. The number of ether oxygens (including phenoxy) is 2. The van der Waals surface area contributed by atoms with Crippen molar-refractivity contribution in [3.05, 3.63) is 94.0 Å². The number of nitrogens with one attached hydrogen (secondary N) is 1. The molecule has 0 aromatic heterocycles. The Labute approximate surface area is 198 Å². The van der Waals surface area contributed by atoms with Gasteiger partial charge < -0.3 is 9.47 Å². The summed E-state index contributed by atoms with van der Waals surface area (Å²) in [5.41, 5.74) is 5.57. The van der Waals surface area contributed by atoms with E-state index in [0.29, 0.717) is 22.1 Å². The lowest BCUT2D eigenvalue weighted by Gasteiger charge is -2.14. The first-order valence-electron chi connectivity index (χ1n) is 10.5.